The van der Waals surface area contributed by atoms with Crippen LogP contribution in [0.25, 0.3) is 0 Å². The maximum atomic E-state index is 11.8. The number of rotatable bonds is 2. The summed E-state index contributed by atoms with van der Waals surface area (Å²) in [4.78, 5) is 11.2. The molecule has 1 aliphatic rings. The van der Waals surface area contributed by atoms with Crippen molar-refractivity contribution in [2.24, 2.45) is 0 Å². The minimum atomic E-state index is -2.77. The lowest BCUT2D eigenvalue weighted by Gasteiger charge is -2.22. The van der Waals surface area contributed by atoms with Crippen LogP contribution in [0.15, 0.2) is 11.3 Å². The first kappa shape index (κ1) is 11.3. The molecule has 5 nitrogen and oxygen atoms in total. The number of esters is 1. The summed E-state index contributed by atoms with van der Waals surface area (Å²) in [5, 5.41) is 9.40. The lowest BCUT2D eigenvalue weighted by molar-refractivity contribution is -0.136. The molecule has 0 saturated carbocycles. The average Bonchev–Trinajstić information content (AvgIpc) is 2.21. The third-order valence-corrected chi connectivity index (χ3v) is 4.57. The SMILES string of the molecule is COC(=O)C1=C(O)CCP(=O)(OC)C1. The Morgan fingerprint density at radius 2 is 2.14 bits per heavy atom. The molecular formula is C8H13O5P. The molecule has 6 heteroatoms. The molecule has 14 heavy (non-hydrogen) atoms. The second-order valence-electron chi connectivity index (χ2n) is 3.05. The van der Waals surface area contributed by atoms with E-state index in [9.17, 15) is 14.5 Å². The number of ether oxygens (including phenoxy) is 1. The number of aliphatic hydroxyl groups is 1. The molecule has 0 amide bonds. The zero-order valence-electron chi connectivity index (χ0n) is 8.15. The summed E-state index contributed by atoms with van der Waals surface area (Å²) in [5.74, 6) is -0.681. The van der Waals surface area contributed by atoms with E-state index >= 15 is 0 Å². The van der Waals surface area contributed by atoms with Gasteiger partial charge in [0, 0.05) is 19.7 Å². The fourth-order valence-electron chi connectivity index (χ4n) is 1.30. The van der Waals surface area contributed by atoms with Gasteiger partial charge in [0.1, 0.15) is 5.76 Å². The molecule has 1 rings (SSSR count). The Hall–Kier alpha value is -0.800. The molecule has 0 spiro atoms. The molecule has 0 saturated heterocycles. The van der Waals surface area contributed by atoms with Crippen LogP contribution in [0.3, 0.4) is 0 Å². The summed E-state index contributed by atoms with van der Waals surface area (Å²) in [6.45, 7) is 0. The van der Waals surface area contributed by atoms with Crippen LogP contribution in [-0.2, 0) is 18.6 Å². The zero-order chi connectivity index (χ0) is 10.8. The Morgan fingerprint density at radius 1 is 1.50 bits per heavy atom. The van der Waals surface area contributed by atoms with Crippen LogP contribution < -0.4 is 0 Å². The van der Waals surface area contributed by atoms with E-state index in [2.05, 4.69) is 4.74 Å². The fourth-order valence-corrected chi connectivity index (χ4v) is 3.12. The van der Waals surface area contributed by atoms with E-state index in [1.807, 2.05) is 0 Å². The first-order valence-electron chi connectivity index (χ1n) is 4.15. The first-order valence-corrected chi connectivity index (χ1v) is 6.15. The maximum Gasteiger partial charge on any atom is 0.337 e. The highest BCUT2D eigenvalue weighted by Gasteiger charge is 2.33. The van der Waals surface area contributed by atoms with Gasteiger partial charge in [0.15, 0.2) is 0 Å². The lowest BCUT2D eigenvalue weighted by Crippen LogP contribution is -2.18. The van der Waals surface area contributed by atoms with Crippen molar-refractivity contribution in [1.29, 1.82) is 0 Å². The third kappa shape index (κ3) is 2.16. The van der Waals surface area contributed by atoms with Crippen LogP contribution in [0.2, 0.25) is 0 Å². The Balaban J connectivity index is 2.93. The quantitative estimate of drug-likeness (QED) is 0.560. The number of aliphatic hydroxyl groups excluding tert-OH is 1. The first-order chi connectivity index (χ1) is 6.52. The van der Waals surface area contributed by atoms with Crippen molar-refractivity contribution >= 4 is 13.3 Å². The van der Waals surface area contributed by atoms with Gasteiger partial charge in [-0.1, -0.05) is 0 Å². The molecule has 0 aliphatic carbocycles. The van der Waals surface area contributed by atoms with E-state index in [-0.39, 0.29) is 30.1 Å². The van der Waals surface area contributed by atoms with Crippen LogP contribution in [0.4, 0.5) is 0 Å². The number of hydrogen-bond donors (Lipinski definition) is 1. The summed E-state index contributed by atoms with van der Waals surface area (Å²) in [5.41, 5.74) is 0.0731. The van der Waals surface area contributed by atoms with Gasteiger partial charge in [-0.3, -0.25) is 4.57 Å². The molecule has 0 bridgehead atoms. The molecule has 0 fully saturated rings. The number of hydrogen-bond acceptors (Lipinski definition) is 5. The molecule has 0 radical (unpaired) electrons. The number of carbonyl (C=O) groups excluding carboxylic acids is 1. The minimum absolute atomic E-state index is 0.0397. The summed E-state index contributed by atoms with van der Waals surface area (Å²) in [7, 11) is -0.211. The highest BCUT2D eigenvalue weighted by Crippen LogP contribution is 2.51. The largest absolute Gasteiger partial charge is 0.512 e. The van der Waals surface area contributed by atoms with Crippen molar-refractivity contribution in [3.63, 3.8) is 0 Å². The van der Waals surface area contributed by atoms with Gasteiger partial charge < -0.3 is 14.4 Å². The van der Waals surface area contributed by atoms with Gasteiger partial charge in [-0.05, 0) is 0 Å². The summed E-state index contributed by atoms with van der Waals surface area (Å²) in [6.07, 6.45) is 0.438. The van der Waals surface area contributed by atoms with E-state index in [4.69, 9.17) is 4.52 Å². The van der Waals surface area contributed by atoms with Gasteiger partial charge in [0.05, 0.1) is 18.8 Å². The smallest absolute Gasteiger partial charge is 0.337 e. The molecule has 1 unspecified atom stereocenters. The van der Waals surface area contributed by atoms with Crippen molar-refractivity contribution in [1.82, 2.24) is 0 Å². The molecule has 0 aromatic carbocycles. The molecule has 1 atom stereocenters. The Bertz CT molecular complexity index is 320. The van der Waals surface area contributed by atoms with Crippen molar-refractivity contribution in [2.45, 2.75) is 6.42 Å². The molecule has 1 N–H and O–H groups in total. The Morgan fingerprint density at radius 3 is 2.64 bits per heavy atom. The normalized spacial score (nSPS) is 27.6. The van der Waals surface area contributed by atoms with E-state index in [1.165, 1.54) is 14.2 Å². The topological polar surface area (TPSA) is 72.8 Å². The van der Waals surface area contributed by atoms with E-state index in [0.29, 0.717) is 0 Å². The number of carbonyl (C=O) groups is 1. The van der Waals surface area contributed by atoms with Crippen LogP contribution in [0, 0.1) is 0 Å². The predicted octanol–water partition coefficient (Wildman–Crippen LogP) is 1.30. The van der Waals surface area contributed by atoms with Crippen LogP contribution in [-0.4, -0.2) is 37.6 Å². The third-order valence-electron chi connectivity index (χ3n) is 2.20. The van der Waals surface area contributed by atoms with Gasteiger partial charge in [-0.15, -0.1) is 0 Å². The number of allylic oxidation sites excluding steroid dienone is 1. The number of methoxy groups -OCH3 is 1. The van der Waals surface area contributed by atoms with E-state index in [1.54, 1.807) is 0 Å². The lowest BCUT2D eigenvalue weighted by atomic mass is 10.2. The fraction of sp³-hybridized carbons (Fsp3) is 0.625. The highest BCUT2D eigenvalue weighted by atomic mass is 31.2. The van der Waals surface area contributed by atoms with Gasteiger partial charge in [0.25, 0.3) is 0 Å². The second kappa shape index (κ2) is 4.15. The van der Waals surface area contributed by atoms with Gasteiger partial charge in [-0.25, -0.2) is 4.79 Å². The Kier molecular flexibility index (Phi) is 3.34. The van der Waals surface area contributed by atoms with Crippen molar-refractivity contribution in [3.05, 3.63) is 11.3 Å². The molecular weight excluding hydrogens is 207 g/mol. The van der Waals surface area contributed by atoms with E-state index in [0.717, 1.165) is 0 Å². The van der Waals surface area contributed by atoms with Crippen LogP contribution in [0.1, 0.15) is 6.42 Å². The van der Waals surface area contributed by atoms with Crippen LogP contribution in [0.5, 0.6) is 0 Å². The molecule has 80 valence electrons. The van der Waals surface area contributed by atoms with Gasteiger partial charge in [-0.2, -0.15) is 0 Å². The van der Waals surface area contributed by atoms with Crippen molar-refractivity contribution in [2.75, 3.05) is 26.5 Å². The molecule has 0 aromatic rings. The second-order valence-corrected chi connectivity index (χ2v) is 5.80. The summed E-state index contributed by atoms with van der Waals surface area (Å²) in [6, 6.07) is 0. The van der Waals surface area contributed by atoms with Crippen molar-refractivity contribution in [3.8, 4) is 0 Å². The van der Waals surface area contributed by atoms with Crippen molar-refractivity contribution < 1.29 is 23.7 Å². The van der Waals surface area contributed by atoms with E-state index < -0.39 is 13.3 Å². The molecule has 1 aliphatic heterocycles. The maximum absolute atomic E-state index is 11.8. The predicted molar refractivity (Wildman–Crippen MR) is 50.6 cm³/mol. The van der Waals surface area contributed by atoms with Crippen LogP contribution >= 0.6 is 7.37 Å². The standard InChI is InChI=1S/C8H13O5P/c1-12-8(10)6-5-14(11,13-2)4-3-7(6)9/h9H,3-5H2,1-2H3. The zero-order valence-corrected chi connectivity index (χ0v) is 9.04. The highest BCUT2D eigenvalue weighted by molar-refractivity contribution is 7.59. The van der Waals surface area contributed by atoms with Gasteiger partial charge in [0.2, 0.25) is 7.37 Å². The Labute approximate surface area is 82.2 Å². The minimum Gasteiger partial charge on any atom is -0.512 e. The average molecular weight is 220 g/mol. The summed E-state index contributed by atoms with van der Waals surface area (Å²) < 4.78 is 21.1. The summed E-state index contributed by atoms with van der Waals surface area (Å²) >= 11 is 0. The monoisotopic (exact) mass is 220 g/mol. The van der Waals surface area contributed by atoms with Gasteiger partial charge >= 0.3 is 5.97 Å². The molecule has 1 heterocycles. The molecule has 0 aromatic heterocycles.